The maximum atomic E-state index is 12.1. The fourth-order valence-corrected chi connectivity index (χ4v) is 1.80. The average molecular weight is 265 g/mol. The molecule has 18 heavy (non-hydrogen) atoms. The van der Waals surface area contributed by atoms with E-state index in [1.165, 1.54) is 6.33 Å². The third-order valence-corrected chi connectivity index (χ3v) is 3.13. The van der Waals surface area contributed by atoms with Gasteiger partial charge in [0.15, 0.2) is 0 Å². The van der Waals surface area contributed by atoms with Crippen LogP contribution in [0.25, 0.3) is 0 Å². The van der Waals surface area contributed by atoms with Crippen molar-refractivity contribution in [1.29, 1.82) is 0 Å². The molecule has 1 aromatic carbocycles. The molecule has 0 aliphatic rings. The maximum Gasteiger partial charge on any atom is 0.253 e. The van der Waals surface area contributed by atoms with Crippen LogP contribution in [-0.2, 0) is 0 Å². The number of nitrogens with one attached hydrogen (secondary N) is 2. The molecule has 2 aromatic rings. The van der Waals surface area contributed by atoms with Crippen LogP contribution in [0, 0.1) is 6.92 Å². The topological polar surface area (TPSA) is 70.7 Å². The van der Waals surface area contributed by atoms with Gasteiger partial charge in [0.25, 0.3) is 5.91 Å². The third kappa shape index (κ3) is 2.51. The van der Waals surface area contributed by atoms with Crippen LogP contribution in [0.3, 0.4) is 0 Å². The number of nitrogens with zero attached hydrogens (tertiary/aromatic N) is 2. The standard InChI is InChI=1S/C12H13ClN4O/c1-7-4-3-5-9(10(7)13)12(18)16-8(2)11-14-6-15-17-11/h3-6,8H,1-2H3,(H,16,18)(H,14,15,17). The van der Waals surface area contributed by atoms with Crippen molar-refractivity contribution in [2.24, 2.45) is 0 Å². The van der Waals surface area contributed by atoms with Gasteiger partial charge in [-0.1, -0.05) is 23.7 Å². The fraction of sp³-hybridized carbons (Fsp3) is 0.250. The Hall–Kier alpha value is -1.88. The van der Waals surface area contributed by atoms with Crippen molar-refractivity contribution >= 4 is 17.5 Å². The molecular formula is C12H13ClN4O. The zero-order chi connectivity index (χ0) is 13.1. The van der Waals surface area contributed by atoms with Gasteiger partial charge in [0.1, 0.15) is 12.2 Å². The maximum absolute atomic E-state index is 12.1. The van der Waals surface area contributed by atoms with Crippen molar-refractivity contribution in [3.8, 4) is 0 Å². The highest BCUT2D eigenvalue weighted by atomic mass is 35.5. The lowest BCUT2D eigenvalue weighted by atomic mass is 10.1. The largest absolute Gasteiger partial charge is 0.342 e. The van der Waals surface area contributed by atoms with Crippen molar-refractivity contribution in [2.45, 2.75) is 19.9 Å². The van der Waals surface area contributed by atoms with E-state index in [0.29, 0.717) is 16.4 Å². The van der Waals surface area contributed by atoms with Gasteiger partial charge in [0, 0.05) is 0 Å². The van der Waals surface area contributed by atoms with Crippen LogP contribution in [0.15, 0.2) is 24.5 Å². The molecule has 1 amide bonds. The summed E-state index contributed by atoms with van der Waals surface area (Å²) in [4.78, 5) is 16.1. The molecule has 0 spiro atoms. The monoisotopic (exact) mass is 264 g/mol. The number of benzene rings is 1. The molecule has 0 aliphatic heterocycles. The first-order chi connectivity index (χ1) is 8.59. The minimum Gasteiger partial charge on any atom is -0.342 e. The predicted molar refractivity (Wildman–Crippen MR) is 68.5 cm³/mol. The van der Waals surface area contributed by atoms with Crippen LogP contribution in [-0.4, -0.2) is 21.1 Å². The summed E-state index contributed by atoms with van der Waals surface area (Å²) in [5.74, 6) is 0.375. The fourth-order valence-electron chi connectivity index (χ4n) is 1.59. The average Bonchev–Trinajstić information content (AvgIpc) is 2.86. The second-order valence-corrected chi connectivity index (χ2v) is 4.38. The first kappa shape index (κ1) is 12.6. The Morgan fingerprint density at radius 1 is 1.50 bits per heavy atom. The van der Waals surface area contributed by atoms with Gasteiger partial charge in [-0.15, -0.1) is 0 Å². The molecule has 1 heterocycles. The van der Waals surface area contributed by atoms with Crippen molar-refractivity contribution in [2.75, 3.05) is 0 Å². The Kier molecular flexibility index (Phi) is 3.62. The van der Waals surface area contributed by atoms with E-state index in [2.05, 4.69) is 20.5 Å². The van der Waals surface area contributed by atoms with Crippen LogP contribution >= 0.6 is 11.6 Å². The summed E-state index contributed by atoms with van der Waals surface area (Å²) in [7, 11) is 0. The first-order valence-corrected chi connectivity index (χ1v) is 5.88. The van der Waals surface area contributed by atoms with E-state index < -0.39 is 0 Å². The predicted octanol–water partition coefficient (Wildman–Crippen LogP) is 2.26. The van der Waals surface area contributed by atoms with Gasteiger partial charge in [0.05, 0.1) is 16.6 Å². The van der Waals surface area contributed by atoms with E-state index in [-0.39, 0.29) is 11.9 Å². The number of carbonyl (C=O) groups is 1. The summed E-state index contributed by atoms with van der Waals surface area (Å²) in [6.45, 7) is 3.68. The number of H-pyrrole nitrogens is 1. The lowest BCUT2D eigenvalue weighted by Crippen LogP contribution is -2.27. The summed E-state index contributed by atoms with van der Waals surface area (Å²) in [5.41, 5.74) is 1.33. The van der Waals surface area contributed by atoms with Crippen molar-refractivity contribution in [3.63, 3.8) is 0 Å². The summed E-state index contributed by atoms with van der Waals surface area (Å²) >= 11 is 6.10. The number of carbonyl (C=O) groups excluding carboxylic acids is 1. The molecule has 1 aromatic heterocycles. The zero-order valence-corrected chi connectivity index (χ0v) is 10.8. The summed E-state index contributed by atoms with van der Waals surface area (Å²) in [6, 6.07) is 5.10. The highest BCUT2D eigenvalue weighted by Crippen LogP contribution is 2.20. The van der Waals surface area contributed by atoms with E-state index in [1.807, 2.05) is 19.9 Å². The van der Waals surface area contributed by atoms with Gasteiger partial charge in [0.2, 0.25) is 0 Å². The molecular weight excluding hydrogens is 252 g/mol. The molecule has 1 unspecified atom stereocenters. The number of amides is 1. The quantitative estimate of drug-likeness (QED) is 0.893. The minimum absolute atomic E-state index is 0.229. The molecule has 0 radical (unpaired) electrons. The van der Waals surface area contributed by atoms with E-state index in [4.69, 9.17) is 11.6 Å². The second-order valence-electron chi connectivity index (χ2n) is 4.00. The molecule has 0 aliphatic carbocycles. The molecule has 2 rings (SSSR count). The molecule has 0 saturated carbocycles. The SMILES string of the molecule is Cc1cccc(C(=O)NC(C)c2ncn[nH]2)c1Cl. The number of rotatable bonds is 3. The van der Waals surface area contributed by atoms with Crippen molar-refractivity contribution in [3.05, 3.63) is 46.5 Å². The van der Waals surface area contributed by atoms with Crippen molar-refractivity contribution in [1.82, 2.24) is 20.5 Å². The number of halogens is 1. The summed E-state index contributed by atoms with van der Waals surface area (Å²) in [5, 5.41) is 9.73. The Bertz CT molecular complexity index is 553. The van der Waals surface area contributed by atoms with Crippen LogP contribution < -0.4 is 5.32 Å². The van der Waals surface area contributed by atoms with Gasteiger partial charge in [-0.05, 0) is 25.5 Å². The number of aryl methyl sites for hydroxylation is 1. The molecule has 6 heteroatoms. The van der Waals surface area contributed by atoms with E-state index >= 15 is 0 Å². The normalized spacial score (nSPS) is 12.2. The molecule has 94 valence electrons. The zero-order valence-electron chi connectivity index (χ0n) is 10.1. The number of aromatic amines is 1. The van der Waals surface area contributed by atoms with Crippen LogP contribution in [0.2, 0.25) is 5.02 Å². The molecule has 2 N–H and O–H groups in total. The lowest BCUT2D eigenvalue weighted by Gasteiger charge is -2.12. The number of hydrogen-bond donors (Lipinski definition) is 2. The number of aromatic nitrogens is 3. The Morgan fingerprint density at radius 2 is 2.28 bits per heavy atom. The van der Waals surface area contributed by atoms with Gasteiger partial charge in [-0.2, -0.15) is 5.10 Å². The van der Waals surface area contributed by atoms with Gasteiger partial charge < -0.3 is 5.32 Å². The molecule has 0 fully saturated rings. The van der Waals surface area contributed by atoms with Crippen LogP contribution in [0.1, 0.15) is 34.7 Å². The Morgan fingerprint density at radius 3 is 2.94 bits per heavy atom. The van der Waals surface area contributed by atoms with E-state index in [0.717, 1.165) is 5.56 Å². The molecule has 0 bridgehead atoms. The molecule has 0 saturated heterocycles. The Balaban J connectivity index is 2.15. The second kappa shape index (κ2) is 5.18. The molecule has 5 nitrogen and oxygen atoms in total. The van der Waals surface area contributed by atoms with Crippen molar-refractivity contribution < 1.29 is 4.79 Å². The highest BCUT2D eigenvalue weighted by molar-refractivity contribution is 6.34. The third-order valence-electron chi connectivity index (χ3n) is 2.63. The van der Waals surface area contributed by atoms with Gasteiger partial charge in [-0.3, -0.25) is 9.89 Å². The Labute approximate surface area is 110 Å². The van der Waals surface area contributed by atoms with E-state index in [9.17, 15) is 4.79 Å². The van der Waals surface area contributed by atoms with Crippen LogP contribution in [0.4, 0.5) is 0 Å². The summed E-state index contributed by atoms with van der Waals surface area (Å²) in [6.07, 6.45) is 1.40. The smallest absolute Gasteiger partial charge is 0.253 e. The van der Waals surface area contributed by atoms with E-state index in [1.54, 1.807) is 12.1 Å². The number of hydrogen-bond acceptors (Lipinski definition) is 3. The highest BCUT2D eigenvalue weighted by Gasteiger charge is 2.16. The first-order valence-electron chi connectivity index (χ1n) is 5.51. The van der Waals surface area contributed by atoms with Crippen LogP contribution in [0.5, 0.6) is 0 Å². The lowest BCUT2D eigenvalue weighted by molar-refractivity contribution is 0.0938. The van der Waals surface area contributed by atoms with Gasteiger partial charge in [-0.25, -0.2) is 4.98 Å². The van der Waals surface area contributed by atoms with Gasteiger partial charge >= 0.3 is 0 Å². The minimum atomic E-state index is -0.253. The molecule has 1 atom stereocenters. The summed E-state index contributed by atoms with van der Waals surface area (Å²) < 4.78 is 0.